The number of amides is 1. The van der Waals surface area contributed by atoms with Gasteiger partial charge in [-0.2, -0.15) is 0 Å². The fourth-order valence-electron chi connectivity index (χ4n) is 3.12. The van der Waals surface area contributed by atoms with Gasteiger partial charge in [0.15, 0.2) is 0 Å². The van der Waals surface area contributed by atoms with E-state index in [0.717, 1.165) is 5.56 Å². The molecule has 3 rings (SSSR count). The molecule has 0 radical (unpaired) electrons. The number of carbonyl (C=O) groups excluding carboxylic acids is 2. The first kappa shape index (κ1) is 19.6. The standard InChI is InChI=1S/C23H24N2O3/c1-16(20-9-5-7-18-6-3-4-8-21(18)20)24-15-22(26)25-14-17-10-12-19(13-11-17)23(27)28-2/h3-13,16,24H,14-15H2,1-2H3,(H,25,26)/t16-/m1/s1. The van der Waals surface area contributed by atoms with Gasteiger partial charge < -0.3 is 15.4 Å². The largest absolute Gasteiger partial charge is 0.465 e. The molecule has 0 aromatic heterocycles. The summed E-state index contributed by atoms with van der Waals surface area (Å²) >= 11 is 0. The second kappa shape index (κ2) is 9.15. The number of rotatable bonds is 7. The number of benzene rings is 3. The van der Waals surface area contributed by atoms with Crippen molar-refractivity contribution in [2.45, 2.75) is 19.5 Å². The average molecular weight is 376 g/mol. The fourth-order valence-corrected chi connectivity index (χ4v) is 3.12. The van der Waals surface area contributed by atoms with E-state index < -0.39 is 0 Å². The van der Waals surface area contributed by atoms with E-state index in [4.69, 9.17) is 0 Å². The van der Waals surface area contributed by atoms with E-state index >= 15 is 0 Å². The van der Waals surface area contributed by atoms with E-state index in [2.05, 4.69) is 46.6 Å². The molecule has 3 aromatic carbocycles. The lowest BCUT2D eigenvalue weighted by Crippen LogP contribution is -2.34. The summed E-state index contributed by atoms with van der Waals surface area (Å²) < 4.78 is 4.67. The predicted molar refractivity (Wildman–Crippen MR) is 110 cm³/mol. The van der Waals surface area contributed by atoms with Gasteiger partial charge in [0, 0.05) is 12.6 Å². The third-order valence-electron chi connectivity index (χ3n) is 4.72. The van der Waals surface area contributed by atoms with Gasteiger partial charge in [-0.25, -0.2) is 4.79 Å². The molecule has 0 spiro atoms. The van der Waals surface area contributed by atoms with Gasteiger partial charge in [0.1, 0.15) is 0 Å². The molecule has 5 heteroatoms. The number of esters is 1. The monoisotopic (exact) mass is 376 g/mol. The fraction of sp³-hybridized carbons (Fsp3) is 0.217. The van der Waals surface area contributed by atoms with Gasteiger partial charge in [0.25, 0.3) is 0 Å². The van der Waals surface area contributed by atoms with Crippen molar-refractivity contribution in [2.75, 3.05) is 13.7 Å². The highest BCUT2D eigenvalue weighted by Crippen LogP contribution is 2.23. The molecular weight excluding hydrogens is 352 g/mol. The average Bonchev–Trinajstić information content (AvgIpc) is 2.75. The smallest absolute Gasteiger partial charge is 0.337 e. The normalized spacial score (nSPS) is 11.8. The summed E-state index contributed by atoms with van der Waals surface area (Å²) in [6.07, 6.45) is 0. The molecule has 5 nitrogen and oxygen atoms in total. The van der Waals surface area contributed by atoms with Crippen LogP contribution in [0, 0.1) is 0 Å². The number of hydrogen-bond donors (Lipinski definition) is 2. The molecule has 3 aromatic rings. The highest BCUT2D eigenvalue weighted by atomic mass is 16.5. The molecule has 0 unspecified atom stereocenters. The van der Waals surface area contributed by atoms with Crippen molar-refractivity contribution in [3.05, 3.63) is 83.4 Å². The van der Waals surface area contributed by atoms with Crippen LogP contribution in [0.15, 0.2) is 66.7 Å². The van der Waals surface area contributed by atoms with E-state index in [1.165, 1.54) is 23.4 Å². The quantitative estimate of drug-likeness (QED) is 0.619. The molecule has 0 aliphatic rings. The molecule has 0 aliphatic carbocycles. The van der Waals surface area contributed by atoms with Gasteiger partial charge in [-0.15, -0.1) is 0 Å². The molecule has 28 heavy (non-hydrogen) atoms. The number of fused-ring (bicyclic) bond motifs is 1. The number of ether oxygens (including phenoxy) is 1. The summed E-state index contributed by atoms with van der Waals surface area (Å²) in [6, 6.07) is 21.5. The van der Waals surface area contributed by atoms with Crippen molar-refractivity contribution < 1.29 is 14.3 Å². The summed E-state index contributed by atoms with van der Waals surface area (Å²) in [5, 5.41) is 8.55. The van der Waals surface area contributed by atoms with Crippen molar-refractivity contribution >= 4 is 22.6 Å². The molecule has 1 atom stereocenters. The zero-order valence-corrected chi connectivity index (χ0v) is 16.1. The Morgan fingerprint density at radius 1 is 0.964 bits per heavy atom. The van der Waals surface area contributed by atoms with E-state index in [9.17, 15) is 9.59 Å². The van der Waals surface area contributed by atoms with Crippen LogP contribution >= 0.6 is 0 Å². The Labute approximate surface area is 164 Å². The van der Waals surface area contributed by atoms with E-state index in [-0.39, 0.29) is 24.5 Å². The van der Waals surface area contributed by atoms with Gasteiger partial charge in [0.05, 0.1) is 19.2 Å². The summed E-state index contributed by atoms with van der Waals surface area (Å²) in [5.41, 5.74) is 2.58. The minimum absolute atomic E-state index is 0.0520. The minimum Gasteiger partial charge on any atom is -0.465 e. The second-order valence-electron chi connectivity index (χ2n) is 6.64. The van der Waals surface area contributed by atoms with E-state index in [1.54, 1.807) is 24.3 Å². The molecule has 0 aliphatic heterocycles. The number of methoxy groups -OCH3 is 1. The predicted octanol–water partition coefficient (Wildman–Crippen LogP) is 3.59. The SMILES string of the molecule is COC(=O)c1ccc(CNC(=O)CN[C@H](C)c2cccc3ccccc23)cc1. The molecule has 0 bridgehead atoms. The van der Waals surface area contributed by atoms with Gasteiger partial charge in [-0.05, 0) is 41.0 Å². The Balaban J connectivity index is 1.52. The maximum absolute atomic E-state index is 12.2. The molecule has 0 heterocycles. The molecule has 1 amide bonds. The van der Waals surface area contributed by atoms with Crippen molar-refractivity contribution in [1.82, 2.24) is 10.6 Å². The Bertz CT molecular complexity index is 962. The Morgan fingerprint density at radius 2 is 1.68 bits per heavy atom. The lowest BCUT2D eigenvalue weighted by atomic mass is 10.00. The van der Waals surface area contributed by atoms with Crippen LogP contribution in [0.5, 0.6) is 0 Å². The van der Waals surface area contributed by atoms with Crippen LogP contribution in [0.3, 0.4) is 0 Å². The van der Waals surface area contributed by atoms with Crippen molar-refractivity contribution in [3.63, 3.8) is 0 Å². The van der Waals surface area contributed by atoms with Crippen molar-refractivity contribution in [3.8, 4) is 0 Å². The Hall–Kier alpha value is -3.18. The lowest BCUT2D eigenvalue weighted by Gasteiger charge is -2.16. The van der Waals surface area contributed by atoms with E-state index in [1.807, 2.05) is 18.2 Å². The number of nitrogens with one attached hydrogen (secondary N) is 2. The molecule has 0 saturated carbocycles. The molecule has 0 saturated heterocycles. The Morgan fingerprint density at radius 3 is 2.43 bits per heavy atom. The van der Waals surface area contributed by atoms with Gasteiger partial charge in [-0.3, -0.25) is 4.79 Å². The molecule has 0 fully saturated rings. The molecule has 144 valence electrons. The van der Waals surface area contributed by atoms with Crippen LogP contribution in [0.2, 0.25) is 0 Å². The molecule has 2 N–H and O–H groups in total. The first-order chi connectivity index (χ1) is 13.6. The number of hydrogen-bond acceptors (Lipinski definition) is 4. The summed E-state index contributed by atoms with van der Waals surface area (Å²) in [6.45, 7) is 2.69. The van der Waals surface area contributed by atoms with Crippen molar-refractivity contribution in [2.24, 2.45) is 0 Å². The maximum Gasteiger partial charge on any atom is 0.337 e. The number of carbonyl (C=O) groups is 2. The first-order valence-corrected chi connectivity index (χ1v) is 9.23. The molecular formula is C23H24N2O3. The Kier molecular flexibility index (Phi) is 6.40. The highest BCUT2D eigenvalue weighted by Gasteiger charge is 2.11. The van der Waals surface area contributed by atoms with Gasteiger partial charge in [0.2, 0.25) is 5.91 Å². The second-order valence-corrected chi connectivity index (χ2v) is 6.64. The minimum atomic E-state index is -0.373. The van der Waals surface area contributed by atoms with Crippen LogP contribution in [0.25, 0.3) is 10.8 Å². The lowest BCUT2D eigenvalue weighted by molar-refractivity contribution is -0.120. The van der Waals surface area contributed by atoms with E-state index in [0.29, 0.717) is 12.1 Å². The summed E-state index contributed by atoms with van der Waals surface area (Å²) in [4.78, 5) is 23.6. The summed E-state index contributed by atoms with van der Waals surface area (Å²) in [5.74, 6) is -0.452. The van der Waals surface area contributed by atoms with Gasteiger partial charge in [-0.1, -0.05) is 54.6 Å². The maximum atomic E-state index is 12.2. The van der Waals surface area contributed by atoms with Crippen LogP contribution in [-0.4, -0.2) is 25.5 Å². The highest BCUT2D eigenvalue weighted by molar-refractivity contribution is 5.89. The topological polar surface area (TPSA) is 67.4 Å². The summed E-state index contributed by atoms with van der Waals surface area (Å²) in [7, 11) is 1.35. The van der Waals surface area contributed by atoms with Gasteiger partial charge >= 0.3 is 5.97 Å². The van der Waals surface area contributed by atoms with Crippen LogP contribution in [0.4, 0.5) is 0 Å². The van der Waals surface area contributed by atoms with Crippen LogP contribution in [0.1, 0.15) is 34.5 Å². The third-order valence-corrected chi connectivity index (χ3v) is 4.72. The zero-order chi connectivity index (χ0) is 19.9. The van der Waals surface area contributed by atoms with Crippen LogP contribution in [-0.2, 0) is 16.1 Å². The van der Waals surface area contributed by atoms with Crippen molar-refractivity contribution in [1.29, 1.82) is 0 Å². The zero-order valence-electron chi connectivity index (χ0n) is 16.1. The third kappa shape index (κ3) is 4.75. The van der Waals surface area contributed by atoms with Crippen LogP contribution < -0.4 is 10.6 Å². The first-order valence-electron chi connectivity index (χ1n) is 9.23.